The number of ether oxygens (including phenoxy) is 2. The molecule has 0 aromatic rings. The lowest BCUT2D eigenvalue weighted by atomic mass is 9.84. The number of nitrogens with two attached hydrogens (primary N) is 1. The predicted octanol–water partition coefficient (Wildman–Crippen LogP) is 2.54. The van der Waals surface area contributed by atoms with Gasteiger partial charge >= 0.3 is 0 Å². The van der Waals surface area contributed by atoms with Gasteiger partial charge in [-0.15, -0.1) is 0 Å². The van der Waals surface area contributed by atoms with Crippen molar-refractivity contribution < 1.29 is 9.47 Å². The number of methoxy groups -OCH3 is 1. The smallest absolute Gasteiger partial charge is 0.157 e. The average molecular weight is 229 g/mol. The Morgan fingerprint density at radius 1 is 1.31 bits per heavy atom. The van der Waals surface area contributed by atoms with Gasteiger partial charge in [-0.2, -0.15) is 0 Å². The fourth-order valence-corrected chi connectivity index (χ4v) is 2.41. The maximum absolute atomic E-state index is 5.90. The van der Waals surface area contributed by atoms with E-state index in [2.05, 4.69) is 13.8 Å². The molecule has 0 radical (unpaired) electrons. The molecule has 0 spiro atoms. The minimum absolute atomic E-state index is 0.00373. The molecule has 1 saturated heterocycles. The van der Waals surface area contributed by atoms with Gasteiger partial charge in [-0.25, -0.2) is 0 Å². The summed E-state index contributed by atoms with van der Waals surface area (Å²) in [6.07, 6.45) is 6.00. The van der Waals surface area contributed by atoms with Gasteiger partial charge in [-0.05, 0) is 44.1 Å². The minimum atomic E-state index is 0.00373. The summed E-state index contributed by atoms with van der Waals surface area (Å²) in [4.78, 5) is 0. The van der Waals surface area contributed by atoms with E-state index in [1.807, 2.05) is 0 Å². The van der Waals surface area contributed by atoms with E-state index in [-0.39, 0.29) is 6.29 Å². The molecule has 1 aliphatic rings. The fraction of sp³-hybridized carbons (Fsp3) is 1.00. The quantitative estimate of drug-likeness (QED) is 0.712. The minimum Gasteiger partial charge on any atom is -0.356 e. The molecule has 3 unspecified atom stereocenters. The molecule has 0 saturated carbocycles. The number of rotatable bonds is 6. The van der Waals surface area contributed by atoms with Crippen LogP contribution in [0, 0.1) is 11.8 Å². The second-order valence-corrected chi connectivity index (χ2v) is 5.18. The van der Waals surface area contributed by atoms with E-state index in [0.29, 0.717) is 6.10 Å². The van der Waals surface area contributed by atoms with Gasteiger partial charge in [0, 0.05) is 13.5 Å². The summed E-state index contributed by atoms with van der Waals surface area (Å²) in [6, 6.07) is 0. The van der Waals surface area contributed by atoms with E-state index in [1.54, 1.807) is 7.11 Å². The zero-order chi connectivity index (χ0) is 12.0. The Balaban J connectivity index is 2.38. The standard InChI is InChI=1S/C13H27NO2/c1-10(2)11-8-12(6-4-5-7-14)16-13(9-11)15-3/h10-13H,4-9,14H2,1-3H3. The third kappa shape index (κ3) is 4.40. The summed E-state index contributed by atoms with van der Waals surface area (Å²) < 4.78 is 11.3. The van der Waals surface area contributed by atoms with Crippen LogP contribution in [0.3, 0.4) is 0 Å². The van der Waals surface area contributed by atoms with Gasteiger partial charge in [0.25, 0.3) is 0 Å². The Morgan fingerprint density at radius 2 is 2.06 bits per heavy atom. The van der Waals surface area contributed by atoms with E-state index < -0.39 is 0 Å². The monoisotopic (exact) mass is 229 g/mol. The first-order chi connectivity index (χ1) is 7.67. The van der Waals surface area contributed by atoms with E-state index >= 15 is 0 Å². The number of unbranched alkanes of at least 4 members (excludes halogenated alkanes) is 1. The van der Waals surface area contributed by atoms with Gasteiger partial charge < -0.3 is 15.2 Å². The highest BCUT2D eigenvalue weighted by atomic mass is 16.7. The third-order valence-electron chi connectivity index (χ3n) is 3.59. The Kier molecular flexibility index (Phi) is 6.32. The van der Waals surface area contributed by atoms with Crippen LogP contribution in [0.15, 0.2) is 0 Å². The maximum Gasteiger partial charge on any atom is 0.157 e. The molecule has 3 atom stereocenters. The highest BCUT2D eigenvalue weighted by Crippen LogP contribution is 2.32. The molecule has 0 aromatic carbocycles. The predicted molar refractivity (Wildman–Crippen MR) is 66.1 cm³/mol. The highest BCUT2D eigenvalue weighted by Gasteiger charge is 2.30. The zero-order valence-corrected chi connectivity index (χ0v) is 10.9. The molecule has 3 heteroatoms. The van der Waals surface area contributed by atoms with Crippen LogP contribution >= 0.6 is 0 Å². The fourth-order valence-electron chi connectivity index (χ4n) is 2.41. The van der Waals surface area contributed by atoms with Crippen LogP contribution in [0.5, 0.6) is 0 Å². The molecular formula is C13H27NO2. The topological polar surface area (TPSA) is 44.5 Å². The summed E-state index contributed by atoms with van der Waals surface area (Å²) in [5.41, 5.74) is 5.51. The molecule has 16 heavy (non-hydrogen) atoms. The summed E-state index contributed by atoms with van der Waals surface area (Å²) >= 11 is 0. The molecule has 1 aliphatic heterocycles. The summed E-state index contributed by atoms with van der Waals surface area (Å²) in [7, 11) is 1.74. The first kappa shape index (κ1) is 13.9. The molecule has 0 bridgehead atoms. The van der Waals surface area contributed by atoms with Crippen molar-refractivity contribution in [1.82, 2.24) is 0 Å². The van der Waals surface area contributed by atoms with Crippen molar-refractivity contribution in [3.8, 4) is 0 Å². The molecule has 3 nitrogen and oxygen atoms in total. The first-order valence-electron chi connectivity index (χ1n) is 6.55. The second-order valence-electron chi connectivity index (χ2n) is 5.18. The SMILES string of the molecule is COC1CC(C(C)C)CC(CCCCN)O1. The molecular weight excluding hydrogens is 202 g/mol. The lowest BCUT2D eigenvalue weighted by Crippen LogP contribution is -2.35. The Labute approximate surface area is 99.7 Å². The zero-order valence-electron chi connectivity index (χ0n) is 10.9. The van der Waals surface area contributed by atoms with E-state index in [1.165, 1.54) is 12.8 Å². The highest BCUT2D eigenvalue weighted by molar-refractivity contribution is 4.76. The second kappa shape index (κ2) is 7.25. The van der Waals surface area contributed by atoms with Crippen LogP contribution in [-0.4, -0.2) is 26.0 Å². The van der Waals surface area contributed by atoms with Crippen molar-refractivity contribution in [2.45, 2.75) is 58.3 Å². The third-order valence-corrected chi connectivity index (χ3v) is 3.59. The first-order valence-corrected chi connectivity index (χ1v) is 6.55. The largest absolute Gasteiger partial charge is 0.356 e. The van der Waals surface area contributed by atoms with Crippen LogP contribution in [-0.2, 0) is 9.47 Å². The lowest BCUT2D eigenvalue weighted by Gasteiger charge is -2.36. The maximum atomic E-state index is 5.90. The van der Waals surface area contributed by atoms with Crippen molar-refractivity contribution in [2.24, 2.45) is 17.6 Å². The van der Waals surface area contributed by atoms with Crippen molar-refractivity contribution in [1.29, 1.82) is 0 Å². The molecule has 1 heterocycles. The molecule has 96 valence electrons. The van der Waals surface area contributed by atoms with E-state index in [0.717, 1.165) is 37.6 Å². The summed E-state index contributed by atoms with van der Waals surface area (Å²) in [5.74, 6) is 1.46. The van der Waals surface area contributed by atoms with Gasteiger partial charge in [0.2, 0.25) is 0 Å². The van der Waals surface area contributed by atoms with Crippen molar-refractivity contribution >= 4 is 0 Å². The Hall–Kier alpha value is -0.120. The molecule has 0 aliphatic carbocycles. The molecule has 1 fully saturated rings. The molecule has 0 aromatic heterocycles. The van der Waals surface area contributed by atoms with Gasteiger partial charge in [0.05, 0.1) is 6.10 Å². The van der Waals surface area contributed by atoms with Gasteiger partial charge in [0.15, 0.2) is 6.29 Å². The molecule has 2 N–H and O–H groups in total. The van der Waals surface area contributed by atoms with Crippen LogP contribution in [0.2, 0.25) is 0 Å². The normalized spacial score (nSPS) is 30.9. The van der Waals surface area contributed by atoms with Crippen LogP contribution in [0.4, 0.5) is 0 Å². The Morgan fingerprint density at radius 3 is 2.62 bits per heavy atom. The van der Waals surface area contributed by atoms with E-state index in [9.17, 15) is 0 Å². The van der Waals surface area contributed by atoms with Crippen molar-refractivity contribution in [3.05, 3.63) is 0 Å². The summed E-state index contributed by atoms with van der Waals surface area (Å²) in [6.45, 7) is 5.37. The van der Waals surface area contributed by atoms with Gasteiger partial charge in [0.1, 0.15) is 0 Å². The molecule has 0 amide bonds. The van der Waals surface area contributed by atoms with Gasteiger partial charge in [-0.1, -0.05) is 13.8 Å². The van der Waals surface area contributed by atoms with Crippen LogP contribution in [0.1, 0.15) is 46.0 Å². The number of hydrogen-bond acceptors (Lipinski definition) is 3. The lowest BCUT2D eigenvalue weighted by molar-refractivity contribution is -0.198. The summed E-state index contributed by atoms with van der Waals surface area (Å²) in [5, 5.41) is 0. The van der Waals surface area contributed by atoms with Crippen molar-refractivity contribution in [3.63, 3.8) is 0 Å². The molecule has 1 rings (SSSR count). The average Bonchev–Trinajstić information content (AvgIpc) is 2.29. The Bertz CT molecular complexity index is 185. The van der Waals surface area contributed by atoms with Crippen molar-refractivity contribution in [2.75, 3.05) is 13.7 Å². The van der Waals surface area contributed by atoms with E-state index in [4.69, 9.17) is 15.2 Å². The van der Waals surface area contributed by atoms with Gasteiger partial charge in [-0.3, -0.25) is 0 Å². The van der Waals surface area contributed by atoms with Crippen LogP contribution < -0.4 is 5.73 Å². The number of hydrogen-bond donors (Lipinski definition) is 1. The van der Waals surface area contributed by atoms with Crippen LogP contribution in [0.25, 0.3) is 0 Å².